The number of fused-ring (bicyclic) bond motifs is 4. The van der Waals surface area contributed by atoms with E-state index in [1.807, 2.05) is 0 Å². The quantitative estimate of drug-likeness (QED) is 0.610. The SMILES string of the molecule is COC(=O)[C@@H]1c2occc2[C@H]2CN1C(=O)N2OS(=O)(=O)O. The molecule has 3 heterocycles. The number of nitrogens with zero attached hydrogens (tertiary/aromatic N) is 2. The molecule has 0 aromatic carbocycles. The molecule has 2 bridgehead atoms. The van der Waals surface area contributed by atoms with Crippen molar-refractivity contribution in [2.45, 2.75) is 12.1 Å². The van der Waals surface area contributed by atoms with Gasteiger partial charge in [0.05, 0.1) is 19.9 Å². The topological polar surface area (TPSA) is 127 Å². The summed E-state index contributed by atoms with van der Waals surface area (Å²) in [6.07, 6.45) is 1.30. The first-order valence-corrected chi connectivity index (χ1v) is 7.12. The number of hydrogen-bond donors (Lipinski definition) is 1. The predicted molar refractivity (Wildman–Crippen MR) is 62.8 cm³/mol. The fourth-order valence-electron chi connectivity index (χ4n) is 2.54. The van der Waals surface area contributed by atoms with Gasteiger partial charge < -0.3 is 9.15 Å². The summed E-state index contributed by atoms with van der Waals surface area (Å²) in [5.74, 6) is -0.556. The number of amides is 2. The molecule has 0 aliphatic carbocycles. The summed E-state index contributed by atoms with van der Waals surface area (Å²) in [4.78, 5) is 25.1. The predicted octanol–water partition coefficient (Wildman–Crippen LogP) is 0.0204. The second-order valence-electron chi connectivity index (χ2n) is 4.44. The fourth-order valence-corrected chi connectivity index (χ4v) is 2.91. The lowest BCUT2D eigenvalue weighted by atomic mass is 9.99. The van der Waals surface area contributed by atoms with Crippen molar-refractivity contribution in [3.05, 3.63) is 23.7 Å². The average Bonchev–Trinajstić information content (AvgIpc) is 2.97. The highest BCUT2D eigenvalue weighted by Crippen LogP contribution is 2.44. The van der Waals surface area contributed by atoms with Crippen molar-refractivity contribution in [1.82, 2.24) is 9.96 Å². The van der Waals surface area contributed by atoms with Crippen LogP contribution in [0, 0.1) is 0 Å². The molecule has 0 spiro atoms. The highest BCUT2D eigenvalue weighted by Gasteiger charge is 2.54. The molecule has 2 aliphatic rings. The summed E-state index contributed by atoms with van der Waals surface area (Å²) in [5.41, 5.74) is 0.413. The molecule has 10 nitrogen and oxygen atoms in total. The molecule has 0 radical (unpaired) electrons. The van der Waals surface area contributed by atoms with E-state index in [9.17, 15) is 18.0 Å². The number of furan rings is 1. The highest BCUT2D eigenvalue weighted by molar-refractivity contribution is 7.80. The van der Waals surface area contributed by atoms with Crippen molar-refractivity contribution in [2.75, 3.05) is 13.7 Å². The van der Waals surface area contributed by atoms with Crippen molar-refractivity contribution in [3.8, 4) is 0 Å². The van der Waals surface area contributed by atoms with Crippen molar-refractivity contribution in [2.24, 2.45) is 0 Å². The Bertz CT molecular complexity index is 710. The Morgan fingerprint density at radius 1 is 1.52 bits per heavy atom. The molecule has 3 rings (SSSR count). The zero-order chi connectivity index (χ0) is 15.4. The van der Waals surface area contributed by atoms with Gasteiger partial charge in [-0.15, -0.1) is 4.28 Å². The van der Waals surface area contributed by atoms with E-state index >= 15 is 0 Å². The molecule has 0 unspecified atom stereocenters. The molecule has 2 aliphatic heterocycles. The molecule has 21 heavy (non-hydrogen) atoms. The first-order chi connectivity index (χ1) is 9.83. The van der Waals surface area contributed by atoms with Crippen LogP contribution < -0.4 is 0 Å². The minimum Gasteiger partial charge on any atom is -0.467 e. The first-order valence-electron chi connectivity index (χ1n) is 5.75. The van der Waals surface area contributed by atoms with Crippen LogP contribution in [0.2, 0.25) is 0 Å². The van der Waals surface area contributed by atoms with Gasteiger partial charge in [-0.25, -0.2) is 9.59 Å². The van der Waals surface area contributed by atoms with E-state index in [4.69, 9.17) is 8.97 Å². The van der Waals surface area contributed by atoms with Gasteiger partial charge in [0.2, 0.25) is 0 Å². The van der Waals surface area contributed by atoms with Crippen LogP contribution in [0.15, 0.2) is 16.7 Å². The Morgan fingerprint density at radius 3 is 2.86 bits per heavy atom. The van der Waals surface area contributed by atoms with Gasteiger partial charge in [0.1, 0.15) is 11.8 Å². The zero-order valence-electron chi connectivity index (χ0n) is 10.6. The maximum atomic E-state index is 12.2. The number of urea groups is 1. The van der Waals surface area contributed by atoms with Gasteiger partial charge in [-0.2, -0.15) is 13.5 Å². The number of hydroxylamine groups is 2. The molecule has 0 saturated carbocycles. The van der Waals surface area contributed by atoms with Gasteiger partial charge in [-0.05, 0) is 6.07 Å². The Hall–Kier alpha value is -2.11. The smallest absolute Gasteiger partial charge is 0.418 e. The summed E-state index contributed by atoms with van der Waals surface area (Å²) < 4.78 is 44.6. The molecule has 1 saturated heterocycles. The summed E-state index contributed by atoms with van der Waals surface area (Å²) >= 11 is 0. The third-order valence-electron chi connectivity index (χ3n) is 3.33. The molecular formula is C10H10N2O8S. The van der Waals surface area contributed by atoms with Crippen LogP contribution in [0.25, 0.3) is 0 Å². The van der Waals surface area contributed by atoms with Gasteiger partial charge in [0.25, 0.3) is 0 Å². The van der Waals surface area contributed by atoms with Gasteiger partial charge in [-0.3, -0.25) is 9.45 Å². The van der Waals surface area contributed by atoms with Gasteiger partial charge >= 0.3 is 22.4 Å². The van der Waals surface area contributed by atoms with E-state index in [0.29, 0.717) is 10.6 Å². The van der Waals surface area contributed by atoms with Crippen LogP contribution in [0.4, 0.5) is 4.79 Å². The van der Waals surface area contributed by atoms with Gasteiger partial charge in [0, 0.05) is 5.56 Å². The second kappa shape index (κ2) is 4.44. The minimum absolute atomic E-state index is 0.000648. The fraction of sp³-hybridized carbons (Fsp3) is 0.400. The van der Waals surface area contributed by atoms with E-state index in [1.165, 1.54) is 12.3 Å². The molecule has 2 amide bonds. The number of esters is 1. The van der Waals surface area contributed by atoms with Crippen LogP contribution in [0.3, 0.4) is 0 Å². The normalized spacial score (nSPS) is 24.2. The van der Waals surface area contributed by atoms with Crippen LogP contribution in [0.5, 0.6) is 0 Å². The molecule has 1 fully saturated rings. The Balaban J connectivity index is 2.06. The van der Waals surface area contributed by atoms with Crippen molar-refractivity contribution >= 4 is 22.4 Å². The largest absolute Gasteiger partial charge is 0.467 e. The van der Waals surface area contributed by atoms with Crippen LogP contribution in [-0.4, -0.2) is 48.6 Å². The second-order valence-corrected chi connectivity index (χ2v) is 5.45. The Morgan fingerprint density at radius 2 is 2.24 bits per heavy atom. The molecule has 1 N–H and O–H groups in total. The average molecular weight is 318 g/mol. The third-order valence-corrected chi connectivity index (χ3v) is 3.68. The number of carbonyl (C=O) groups excluding carboxylic acids is 2. The number of ether oxygens (including phenoxy) is 1. The van der Waals surface area contributed by atoms with Crippen molar-refractivity contribution in [3.63, 3.8) is 0 Å². The van der Waals surface area contributed by atoms with E-state index in [0.717, 1.165) is 12.0 Å². The molecule has 2 atom stereocenters. The molecule has 11 heteroatoms. The molecule has 114 valence electrons. The van der Waals surface area contributed by atoms with E-state index in [-0.39, 0.29) is 12.3 Å². The van der Waals surface area contributed by atoms with E-state index < -0.39 is 34.5 Å². The molecule has 1 aromatic rings. The maximum Gasteiger partial charge on any atom is 0.418 e. The van der Waals surface area contributed by atoms with Crippen LogP contribution >= 0.6 is 0 Å². The summed E-state index contributed by atoms with van der Waals surface area (Å²) in [6, 6.07) is -1.33. The van der Waals surface area contributed by atoms with Crippen molar-refractivity contribution < 1.29 is 36.0 Å². The van der Waals surface area contributed by atoms with E-state index in [2.05, 4.69) is 9.02 Å². The van der Waals surface area contributed by atoms with Gasteiger partial charge in [-0.1, -0.05) is 0 Å². The standard InChI is InChI=1S/C10H10N2O8S/c1-18-9(13)7-8-5(2-3-19-8)6-4-11(7)10(14)12(6)20-21(15,16)17/h2-3,6-7H,4H2,1H3,(H,15,16,17)/t6-,7+/m1/s1. The summed E-state index contributed by atoms with van der Waals surface area (Å²) in [6.45, 7) is 0.000648. The minimum atomic E-state index is -4.88. The summed E-state index contributed by atoms with van der Waals surface area (Å²) in [5, 5.41) is 0.493. The van der Waals surface area contributed by atoms with Crippen molar-refractivity contribution in [1.29, 1.82) is 0 Å². The lowest BCUT2D eigenvalue weighted by molar-refractivity contribution is -0.146. The number of carbonyl (C=O) groups is 2. The first kappa shape index (κ1) is 13.9. The molecule has 1 aromatic heterocycles. The number of rotatable bonds is 3. The van der Waals surface area contributed by atoms with Gasteiger partial charge in [0.15, 0.2) is 6.04 Å². The lowest BCUT2D eigenvalue weighted by Crippen LogP contribution is -2.38. The maximum absolute atomic E-state index is 12.2. The number of hydrogen-bond acceptors (Lipinski definition) is 7. The Kier molecular flexibility index (Phi) is 2.93. The molecular weight excluding hydrogens is 308 g/mol. The third kappa shape index (κ3) is 2.05. The lowest BCUT2D eigenvalue weighted by Gasteiger charge is -2.27. The zero-order valence-corrected chi connectivity index (χ0v) is 11.4. The van der Waals surface area contributed by atoms with Crippen LogP contribution in [-0.2, 0) is 24.2 Å². The monoisotopic (exact) mass is 318 g/mol. The van der Waals surface area contributed by atoms with Crippen LogP contribution in [0.1, 0.15) is 23.4 Å². The number of methoxy groups -OCH3 is 1. The Labute approximate surface area is 118 Å². The summed E-state index contributed by atoms with van der Waals surface area (Å²) in [7, 11) is -3.72. The van der Waals surface area contributed by atoms with E-state index in [1.54, 1.807) is 0 Å². The highest BCUT2D eigenvalue weighted by atomic mass is 32.3.